The van der Waals surface area contributed by atoms with Crippen LogP contribution in [0.15, 0.2) is 29.3 Å². The number of rotatable bonds is 8. The number of hydrogen-bond acceptors (Lipinski definition) is 3. The molecule has 2 N–H and O–H groups in total. The molecular weight excluding hydrogens is 451 g/mol. The van der Waals surface area contributed by atoms with Crippen molar-refractivity contribution in [2.75, 3.05) is 39.8 Å². The number of benzene rings is 1. The molecule has 0 amide bonds. The van der Waals surface area contributed by atoms with E-state index in [0.717, 1.165) is 50.4 Å². The van der Waals surface area contributed by atoms with Crippen LogP contribution in [0.5, 0.6) is 5.75 Å². The predicted molar refractivity (Wildman–Crippen MR) is 123 cm³/mol. The summed E-state index contributed by atoms with van der Waals surface area (Å²) in [7, 11) is 1.72. The van der Waals surface area contributed by atoms with E-state index in [0.29, 0.717) is 6.04 Å². The van der Waals surface area contributed by atoms with Crippen molar-refractivity contribution in [3.8, 4) is 5.75 Å². The van der Waals surface area contributed by atoms with Crippen molar-refractivity contribution in [2.24, 2.45) is 10.9 Å². The van der Waals surface area contributed by atoms with Gasteiger partial charge in [-0.05, 0) is 69.3 Å². The van der Waals surface area contributed by atoms with Crippen molar-refractivity contribution in [1.82, 2.24) is 15.5 Å². The van der Waals surface area contributed by atoms with Crippen LogP contribution in [-0.2, 0) is 0 Å². The van der Waals surface area contributed by atoms with Gasteiger partial charge in [0, 0.05) is 13.1 Å². The average Bonchev–Trinajstić information content (AvgIpc) is 3.52. The maximum atomic E-state index is 5.32. The molecule has 0 spiro atoms. The number of ether oxygens (including phenoxy) is 1. The zero-order chi connectivity index (χ0) is 18.2. The molecule has 2 aliphatic rings. The van der Waals surface area contributed by atoms with Gasteiger partial charge in [-0.2, -0.15) is 0 Å². The summed E-state index contributed by atoms with van der Waals surface area (Å²) < 4.78 is 5.32. The average molecular weight is 486 g/mol. The van der Waals surface area contributed by atoms with Gasteiger partial charge in [-0.1, -0.05) is 18.6 Å². The van der Waals surface area contributed by atoms with E-state index < -0.39 is 0 Å². The molecule has 152 valence electrons. The Hall–Kier alpha value is -1.02. The Bertz CT molecular complexity index is 568. The molecule has 27 heavy (non-hydrogen) atoms. The molecule has 1 saturated carbocycles. The first-order chi connectivity index (χ1) is 12.8. The highest BCUT2D eigenvalue weighted by atomic mass is 127. The SMILES string of the molecule is CCNC(=NCC(c1ccc(OC)cc1)N1CCCCC1)NCC1CC1.I. The first-order valence-corrected chi connectivity index (χ1v) is 10.2. The van der Waals surface area contributed by atoms with E-state index in [9.17, 15) is 0 Å². The fourth-order valence-electron chi connectivity index (χ4n) is 3.57. The second-order valence-corrected chi connectivity index (χ2v) is 7.43. The molecule has 5 nitrogen and oxygen atoms in total. The van der Waals surface area contributed by atoms with Crippen LogP contribution in [0.1, 0.15) is 50.6 Å². The van der Waals surface area contributed by atoms with E-state index in [1.165, 1.54) is 37.7 Å². The van der Waals surface area contributed by atoms with Gasteiger partial charge in [-0.3, -0.25) is 9.89 Å². The molecule has 0 bridgehead atoms. The number of likely N-dealkylation sites (tertiary alicyclic amines) is 1. The molecule has 1 aromatic carbocycles. The van der Waals surface area contributed by atoms with Crippen LogP contribution in [0.25, 0.3) is 0 Å². The third-order valence-electron chi connectivity index (χ3n) is 5.35. The van der Waals surface area contributed by atoms with Crippen LogP contribution in [0.4, 0.5) is 0 Å². The number of piperidine rings is 1. The van der Waals surface area contributed by atoms with Crippen LogP contribution in [0.3, 0.4) is 0 Å². The van der Waals surface area contributed by atoms with Crippen LogP contribution in [0, 0.1) is 5.92 Å². The van der Waals surface area contributed by atoms with Crippen LogP contribution < -0.4 is 15.4 Å². The van der Waals surface area contributed by atoms with E-state index in [4.69, 9.17) is 9.73 Å². The summed E-state index contributed by atoms with van der Waals surface area (Å²) >= 11 is 0. The van der Waals surface area contributed by atoms with E-state index >= 15 is 0 Å². The molecule has 2 fully saturated rings. The molecule has 1 heterocycles. The van der Waals surface area contributed by atoms with Gasteiger partial charge in [0.2, 0.25) is 0 Å². The predicted octanol–water partition coefficient (Wildman–Crippen LogP) is 3.81. The molecule has 1 aromatic rings. The van der Waals surface area contributed by atoms with Gasteiger partial charge in [0.1, 0.15) is 5.75 Å². The van der Waals surface area contributed by atoms with Crippen LogP contribution in [-0.4, -0.2) is 50.7 Å². The van der Waals surface area contributed by atoms with Gasteiger partial charge < -0.3 is 15.4 Å². The lowest BCUT2D eigenvalue weighted by Crippen LogP contribution is -2.40. The molecule has 1 atom stereocenters. The molecule has 1 unspecified atom stereocenters. The highest BCUT2D eigenvalue weighted by Crippen LogP contribution is 2.28. The lowest BCUT2D eigenvalue weighted by Gasteiger charge is -2.34. The topological polar surface area (TPSA) is 48.9 Å². The Morgan fingerprint density at radius 2 is 1.85 bits per heavy atom. The summed E-state index contributed by atoms with van der Waals surface area (Å²) in [6.07, 6.45) is 6.64. The maximum Gasteiger partial charge on any atom is 0.191 e. The Labute approximate surface area is 181 Å². The van der Waals surface area contributed by atoms with E-state index in [1.54, 1.807) is 7.11 Å². The number of aliphatic imine (C=N–C) groups is 1. The van der Waals surface area contributed by atoms with Crippen molar-refractivity contribution in [3.63, 3.8) is 0 Å². The number of halogens is 1. The lowest BCUT2D eigenvalue weighted by atomic mass is 10.0. The zero-order valence-corrected chi connectivity index (χ0v) is 19.1. The number of nitrogens with zero attached hydrogens (tertiary/aromatic N) is 2. The molecule has 1 saturated heterocycles. The lowest BCUT2D eigenvalue weighted by molar-refractivity contribution is 0.167. The van der Waals surface area contributed by atoms with Gasteiger partial charge in [0.15, 0.2) is 5.96 Å². The van der Waals surface area contributed by atoms with Gasteiger partial charge in [-0.15, -0.1) is 24.0 Å². The third-order valence-corrected chi connectivity index (χ3v) is 5.35. The van der Waals surface area contributed by atoms with Gasteiger partial charge >= 0.3 is 0 Å². The molecule has 0 aromatic heterocycles. The normalized spacial score (nSPS) is 19.1. The van der Waals surface area contributed by atoms with E-state index in [-0.39, 0.29) is 24.0 Å². The Morgan fingerprint density at radius 3 is 2.44 bits per heavy atom. The molecular formula is C21H35IN4O. The maximum absolute atomic E-state index is 5.32. The van der Waals surface area contributed by atoms with Crippen LogP contribution in [0.2, 0.25) is 0 Å². The summed E-state index contributed by atoms with van der Waals surface area (Å²) in [5, 5.41) is 6.91. The molecule has 6 heteroatoms. The first kappa shape index (κ1) is 22.3. The summed E-state index contributed by atoms with van der Waals surface area (Å²) in [5.41, 5.74) is 1.33. The standard InChI is InChI=1S/C21H34N4O.HI/c1-3-22-21(23-15-17-7-8-17)24-16-20(25-13-5-4-6-14-25)18-9-11-19(26-2)12-10-18;/h9-12,17,20H,3-8,13-16H2,1-2H3,(H2,22,23,24);1H. The van der Waals surface area contributed by atoms with Crippen molar-refractivity contribution in [2.45, 2.75) is 45.1 Å². The summed E-state index contributed by atoms with van der Waals surface area (Å²) in [6.45, 7) is 7.18. The number of nitrogens with one attached hydrogen (secondary N) is 2. The molecule has 1 aliphatic carbocycles. The fraction of sp³-hybridized carbons (Fsp3) is 0.667. The van der Waals surface area contributed by atoms with Gasteiger partial charge in [0.25, 0.3) is 0 Å². The smallest absolute Gasteiger partial charge is 0.191 e. The third kappa shape index (κ3) is 7.14. The quantitative estimate of drug-likeness (QED) is 0.334. The van der Waals surface area contributed by atoms with Gasteiger partial charge in [0.05, 0.1) is 19.7 Å². The zero-order valence-electron chi connectivity index (χ0n) is 16.7. The Morgan fingerprint density at radius 1 is 1.15 bits per heavy atom. The second-order valence-electron chi connectivity index (χ2n) is 7.43. The largest absolute Gasteiger partial charge is 0.497 e. The summed E-state index contributed by atoms with van der Waals surface area (Å²) in [6, 6.07) is 8.84. The highest BCUT2D eigenvalue weighted by Gasteiger charge is 2.23. The second kappa shape index (κ2) is 11.7. The minimum Gasteiger partial charge on any atom is -0.497 e. The van der Waals surface area contributed by atoms with Gasteiger partial charge in [-0.25, -0.2) is 0 Å². The molecule has 0 radical (unpaired) electrons. The molecule has 1 aliphatic heterocycles. The molecule has 3 rings (SSSR count). The fourth-order valence-corrected chi connectivity index (χ4v) is 3.57. The minimum absolute atomic E-state index is 0. The Balaban J connectivity index is 0.00000261. The number of hydrogen-bond donors (Lipinski definition) is 2. The van der Waals surface area contributed by atoms with E-state index in [2.05, 4.69) is 46.7 Å². The number of methoxy groups -OCH3 is 1. The van der Waals surface area contributed by atoms with Crippen LogP contribution >= 0.6 is 24.0 Å². The van der Waals surface area contributed by atoms with Crippen molar-refractivity contribution < 1.29 is 4.74 Å². The number of guanidine groups is 1. The first-order valence-electron chi connectivity index (χ1n) is 10.2. The van der Waals surface area contributed by atoms with E-state index in [1.807, 2.05) is 0 Å². The Kier molecular flexibility index (Phi) is 9.68. The van der Waals surface area contributed by atoms with Crippen molar-refractivity contribution in [3.05, 3.63) is 29.8 Å². The van der Waals surface area contributed by atoms with Crippen molar-refractivity contribution in [1.29, 1.82) is 0 Å². The summed E-state index contributed by atoms with van der Waals surface area (Å²) in [4.78, 5) is 7.53. The van der Waals surface area contributed by atoms with Crippen molar-refractivity contribution >= 4 is 29.9 Å². The summed E-state index contributed by atoms with van der Waals surface area (Å²) in [5.74, 6) is 2.71. The minimum atomic E-state index is 0. The monoisotopic (exact) mass is 486 g/mol. The highest BCUT2D eigenvalue weighted by molar-refractivity contribution is 14.0.